The van der Waals surface area contributed by atoms with Crippen LogP contribution in [0.2, 0.25) is 0 Å². The molecule has 2 aliphatic rings. The van der Waals surface area contributed by atoms with Gasteiger partial charge in [0.1, 0.15) is 35.3 Å². The number of hydrogen-bond donors (Lipinski definition) is 3. The molecule has 3 N–H and O–H groups in total. The summed E-state index contributed by atoms with van der Waals surface area (Å²) in [5.41, 5.74) is 1.10. The average Bonchev–Trinajstić information content (AvgIpc) is 2.85. The van der Waals surface area contributed by atoms with Crippen LogP contribution in [-0.4, -0.2) is 62.0 Å². The van der Waals surface area contributed by atoms with Crippen molar-refractivity contribution in [1.82, 2.24) is 20.2 Å². The van der Waals surface area contributed by atoms with E-state index in [9.17, 15) is 24.3 Å². The summed E-state index contributed by atoms with van der Waals surface area (Å²) in [5.74, 6) is -0.667. The molecule has 11 heteroatoms. The van der Waals surface area contributed by atoms with E-state index in [4.69, 9.17) is 4.74 Å². The highest BCUT2D eigenvalue weighted by Gasteiger charge is 2.53. The number of thioether (sulfide) groups is 1. The molecular weight excluding hydrogens is 460 g/mol. The molecule has 2 atom stereocenters. The maximum absolute atomic E-state index is 12.5. The van der Waals surface area contributed by atoms with Gasteiger partial charge in [-0.3, -0.25) is 19.3 Å². The highest BCUT2D eigenvalue weighted by atomic mass is 32.2. The van der Waals surface area contributed by atoms with Crippen molar-refractivity contribution < 1.29 is 24.2 Å². The number of rotatable bonds is 7. The number of amides is 2. The van der Waals surface area contributed by atoms with Crippen molar-refractivity contribution in [3.05, 3.63) is 70.2 Å². The predicted octanol–water partition coefficient (Wildman–Crippen LogP) is 1.34. The first kappa shape index (κ1) is 21.7. The van der Waals surface area contributed by atoms with Gasteiger partial charge in [-0.15, -0.1) is 11.8 Å². The molecule has 3 heterocycles. The van der Waals surface area contributed by atoms with Crippen molar-refractivity contribution in [2.45, 2.75) is 11.4 Å². The summed E-state index contributed by atoms with van der Waals surface area (Å²) in [7, 11) is 0. The normalized spacial score (nSPS) is 19.4. The largest absolute Gasteiger partial charge is 0.488 e. The van der Waals surface area contributed by atoms with Gasteiger partial charge in [0, 0.05) is 11.3 Å². The molecule has 2 unspecified atom stereocenters. The monoisotopic (exact) mass is 478 g/mol. The molecule has 5 rings (SSSR count). The summed E-state index contributed by atoms with van der Waals surface area (Å²) in [5, 5.41) is 12.2. The third-order valence-corrected chi connectivity index (χ3v) is 6.99. The number of hydrogen-bond acceptors (Lipinski definition) is 7. The molecule has 0 bridgehead atoms. The second kappa shape index (κ2) is 8.67. The molecule has 10 nitrogen and oxygen atoms in total. The van der Waals surface area contributed by atoms with Crippen LogP contribution in [0.25, 0.3) is 22.3 Å². The van der Waals surface area contributed by atoms with Gasteiger partial charge in [-0.1, -0.05) is 24.3 Å². The number of β-lactam (4-membered cyclic amide) rings is 1. The number of aromatic amines is 1. The number of para-hydroxylation sites is 2. The number of fused-ring (bicyclic) bond motifs is 2. The number of nitrogens with zero attached hydrogens (tertiary/aromatic N) is 2. The summed E-state index contributed by atoms with van der Waals surface area (Å²) in [6.45, 7) is -0.0776. The lowest BCUT2D eigenvalue weighted by Crippen LogP contribution is -2.69. The summed E-state index contributed by atoms with van der Waals surface area (Å²) in [6, 6.07) is 13.2. The number of aromatic nitrogens is 2. The van der Waals surface area contributed by atoms with Gasteiger partial charge in [-0.05, 0) is 24.3 Å². The number of carbonyl (C=O) groups excluding carboxylic acids is 2. The van der Waals surface area contributed by atoms with Crippen LogP contribution in [0.4, 0.5) is 0 Å². The van der Waals surface area contributed by atoms with Gasteiger partial charge in [-0.2, -0.15) is 0 Å². The lowest BCUT2D eigenvalue weighted by Gasteiger charge is -2.49. The molecule has 0 saturated carbocycles. The zero-order valence-corrected chi connectivity index (χ0v) is 18.4. The van der Waals surface area contributed by atoms with Gasteiger partial charge < -0.3 is 20.1 Å². The second-order valence-electron chi connectivity index (χ2n) is 7.65. The topological polar surface area (TPSA) is 142 Å². The molecule has 0 spiro atoms. The zero-order valence-electron chi connectivity index (χ0n) is 17.6. The Morgan fingerprint density at radius 3 is 2.79 bits per heavy atom. The van der Waals surface area contributed by atoms with E-state index in [1.54, 1.807) is 48.5 Å². The number of carbonyl (C=O) groups is 3. The van der Waals surface area contributed by atoms with E-state index in [1.165, 1.54) is 16.7 Å². The van der Waals surface area contributed by atoms with Crippen molar-refractivity contribution in [2.75, 3.05) is 12.4 Å². The summed E-state index contributed by atoms with van der Waals surface area (Å²) < 4.78 is 5.97. The Balaban J connectivity index is 1.45. The molecule has 0 radical (unpaired) electrons. The number of H-pyrrole nitrogens is 1. The van der Waals surface area contributed by atoms with E-state index in [2.05, 4.69) is 15.3 Å². The molecule has 2 aromatic carbocycles. The van der Waals surface area contributed by atoms with Crippen LogP contribution in [0.15, 0.2) is 64.6 Å². The van der Waals surface area contributed by atoms with Crippen LogP contribution in [0.1, 0.15) is 0 Å². The van der Waals surface area contributed by atoms with E-state index in [1.807, 2.05) is 0 Å². The lowest BCUT2D eigenvalue weighted by atomic mass is 10.0. The van der Waals surface area contributed by atoms with Crippen LogP contribution in [0.3, 0.4) is 0 Å². The predicted molar refractivity (Wildman–Crippen MR) is 124 cm³/mol. The summed E-state index contributed by atoms with van der Waals surface area (Å²) >= 11 is 1.36. The van der Waals surface area contributed by atoms with E-state index >= 15 is 0 Å². The Labute approximate surface area is 196 Å². The minimum Gasteiger partial charge on any atom is -0.488 e. The number of ether oxygens (including phenoxy) is 1. The minimum atomic E-state index is -1.24. The minimum absolute atomic E-state index is 0.0776. The molecule has 3 aromatic rings. The van der Waals surface area contributed by atoms with Crippen molar-refractivity contribution in [1.29, 1.82) is 0 Å². The maximum Gasteiger partial charge on any atom is 0.352 e. The van der Waals surface area contributed by atoms with Gasteiger partial charge in [0.25, 0.3) is 11.5 Å². The maximum atomic E-state index is 12.5. The quantitative estimate of drug-likeness (QED) is 0.341. The molecule has 172 valence electrons. The molecule has 0 aliphatic carbocycles. The SMILES string of the molecule is O=CNC1C(=O)N2C(C(=O)O)=C(COc3ccccc3-c3nc4ccccc4c(=O)[nH]3)CSC12. The van der Waals surface area contributed by atoms with Crippen molar-refractivity contribution in [3.63, 3.8) is 0 Å². The van der Waals surface area contributed by atoms with E-state index in [-0.39, 0.29) is 17.9 Å². The number of carboxylic acid groups (broad SMARTS) is 1. The first-order valence-electron chi connectivity index (χ1n) is 10.3. The standard InChI is InChI=1S/C23H18N4O6S/c28-11-24-17-21(30)27-18(23(31)32)12(10-34-22(17)27)9-33-16-8-4-2-6-14(16)19-25-15-7-3-1-5-13(15)20(29)26-19/h1-8,11,17,22H,9-10H2,(H,24,28)(H,31,32)(H,25,26,29). The number of carboxylic acids is 1. The van der Waals surface area contributed by atoms with E-state index < -0.39 is 23.3 Å². The highest BCUT2D eigenvalue weighted by Crippen LogP contribution is 2.40. The molecule has 2 amide bonds. The van der Waals surface area contributed by atoms with Crippen LogP contribution in [0.5, 0.6) is 5.75 Å². The Morgan fingerprint density at radius 1 is 1.24 bits per heavy atom. The van der Waals surface area contributed by atoms with Gasteiger partial charge in [0.05, 0.1) is 16.5 Å². The van der Waals surface area contributed by atoms with E-state index in [0.29, 0.717) is 45.8 Å². The Bertz CT molecular complexity index is 1420. The van der Waals surface area contributed by atoms with Crippen molar-refractivity contribution >= 4 is 41.0 Å². The number of benzene rings is 2. The second-order valence-corrected chi connectivity index (χ2v) is 8.75. The van der Waals surface area contributed by atoms with Crippen LogP contribution in [-0.2, 0) is 14.4 Å². The fourth-order valence-electron chi connectivity index (χ4n) is 4.06. The molecule has 2 aliphatic heterocycles. The first-order valence-corrected chi connectivity index (χ1v) is 11.4. The van der Waals surface area contributed by atoms with Crippen molar-refractivity contribution in [3.8, 4) is 17.1 Å². The number of nitrogens with one attached hydrogen (secondary N) is 2. The smallest absolute Gasteiger partial charge is 0.352 e. The van der Waals surface area contributed by atoms with Gasteiger partial charge in [0.15, 0.2) is 0 Å². The fourth-order valence-corrected chi connectivity index (χ4v) is 5.39. The summed E-state index contributed by atoms with van der Waals surface area (Å²) in [4.78, 5) is 56.1. The third kappa shape index (κ3) is 3.59. The molecule has 34 heavy (non-hydrogen) atoms. The number of aliphatic carboxylic acids is 1. The third-order valence-electron chi connectivity index (χ3n) is 5.65. The average molecular weight is 478 g/mol. The Morgan fingerprint density at radius 2 is 2.00 bits per heavy atom. The Kier molecular flexibility index (Phi) is 5.54. The van der Waals surface area contributed by atoms with E-state index in [0.717, 1.165) is 0 Å². The van der Waals surface area contributed by atoms with Gasteiger partial charge in [0.2, 0.25) is 6.41 Å². The lowest BCUT2D eigenvalue weighted by molar-refractivity contribution is -0.149. The van der Waals surface area contributed by atoms with Crippen LogP contribution >= 0.6 is 11.8 Å². The van der Waals surface area contributed by atoms with Crippen LogP contribution in [0, 0.1) is 0 Å². The first-order chi connectivity index (χ1) is 16.5. The summed E-state index contributed by atoms with van der Waals surface area (Å²) in [6.07, 6.45) is 0.436. The van der Waals surface area contributed by atoms with Gasteiger partial charge in [-0.25, -0.2) is 9.78 Å². The fraction of sp³-hybridized carbons (Fsp3) is 0.174. The zero-order chi connectivity index (χ0) is 23.8. The van der Waals surface area contributed by atoms with Crippen molar-refractivity contribution in [2.24, 2.45) is 0 Å². The molecule has 1 fully saturated rings. The molecular formula is C23H18N4O6S. The van der Waals surface area contributed by atoms with Gasteiger partial charge >= 0.3 is 5.97 Å². The van der Waals surface area contributed by atoms with Crippen LogP contribution < -0.4 is 15.6 Å². The Hall–Kier alpha value is -4.12. The molecule has 1 aromatic heterocycles. The molecule has 1 saturated heterocycles. The highest BCUT2D eigenvalue weighted by molar-refractivity contribution is 8.00.